The highest BCUT2D eigenvalue weighted by Crippen LogP contribution is 2.22. The lowest BCUT2D eigenvalue weighted by atomic mass is 10.1. The van der Waals surface area contributed by atoms with Crippen LogP contribution in [0.15, 0.2) is 66.7 Å². The van der Waals surface area contributed by atoms with Gasteiger partial charge in [0.1, 0.15) is 11.5 Å². The summed E-state index contributed by atoms with van der Waals surface area (Å²) in [6.07, 6.45) is -0.587. The van der Waals surface area contributed by atoms with Crippen molar-refractivity contribution < 1.29 is 14.3 Å². The molecule has 3 rings (SSSR count). The largest absolute Gasteiger partial charge is 0.494 e. The van der Waals surface area contributed by atoms with Crippen LogP contribution in [0.3, 0.4) is 0 Å². The van der Waals surface area contributed by atoms with E-state index in [1.807, 2.05) is 80.6 Å². The van der Waals surface area contributed by atoms with Crippen molar-refractivity contribution in [1.82, 2.24) is 5.32 Å². The molecule has 4 nitrogen and oxygen atoms in total. The van der Waals surface area contributed by atoms with Gasteiger partial charge in [0.25, 0.3) is 5.91 Å². The monoisotopic (exact) mass is 363 g/mol. The Hall–Kier alpha value is -3.01. The summed E-state index contributed by atoms with van der Waals surface area (Å²) in [6, 6.07) is 21.5. The van der Waals surface area contributed by atoms with Gasteiger partial charge in [-0.1, -0.05) is 42.5 Å². The van der Waals surface area contributed by atoms with Crippen LogP contribution in [-0.4, -0.2) is 18.6 Å². The minimum atomic E-state index is -0.587. The smallest absolute Gasteiger partial charge is 0.261 e. The molecule has 4 heteroatoms. The third-order valence-corrected chi connectivity index (χ3v) is 4.45. The van der Waals surface area contributed by atoms with Crippen molar-refractivity contribution in [3.05, 3.63) is 72.3 Å². The average molecular weight is 363 g/mol. The van der Waals surface area contributed by atoms with Crippen LogP contribution in [0.4, 0.5) is 0 Å². The molecule has 0 fully saturated rings. The van der Waals surface area contributed by atoms with Gasteiger partial charge in [-0.05, 0) is 61.4 Å². The summed E-state index contributed by atoms with van der Waals surface area (Å²) in [5.74, 6) is 1.36. The fourth-order valence-electron chi connectivity index (χ4n) is 2.93. The molecular formula is C23H25NO3. The fourth-order valence-corrected chi connectivity index (χ4v) is 2.93. The first-order valence-electron chi connectivity index (χ1n) is 9.25. The van der Waals surface area contributed by atoms with Gasteiger partial charge < -0.3 is 14.8 Å². The van der Waals surface area contributed by atoms with Crippen LogP contribution in [0.1, 0.15) is 32.4 Å². The first-order chi connectivity index (χ1) is 13.1. The Kier molecular flexibility index (Phi) is 5.97. The number of amides is 1. The van der Waals surface area contributed by atoms with Gasteiger partial charge in [0.15, 0.2) is 6.10 Å². The van der Waals surface area contributed by atoms with E-state index in [0.717, 1.165) is 22.1 Å². The third kappa shape index (κ3) is 4.79. The van der Waals surface area contributed by atoms with Crippen LogP contribution in [0.2, 0.25) is 0 Å². The lowest BCUT2D eigenvalue weighted by molar-refractivity contribution is -0.127. The first kappa shape index (κ1) is 18.8. The summed E-state index contributed by atoms with van der Waals surface area (Å²) < 4.78 is 11.3. The van der Waals surface area contributed by atoms with Crippen molar-refractivity contribution in [3.8, 4) is 11.5 Å². The molecule has 27 heavy (non-hydrogen) atoms. The number of benzene rings is 3. The molecule has 0 bridgehead atoms. The molecule has 0 aliphatic rings. The SMILES string of the molecule is CCOc1ccc([C@@H](C)NC(=O)[C@@H](C)Oc2ccc3ccccc3c2)cc1. The molecule has 2 atom stereocenters. The Morgan fingerprint density at radius 1 is 0.926 bits per heavy atom. The van der Waals surface area contributed by atoms with Crippen molar-refractivity contribution in [1.29, 1.82) is 0 Å². The van der Waals surface area contributed by atoms with E-state index in [2.05, 4.69) is 5.32 Å². The summed E-state index contributed by atoms with van der Waals surface area (Å²) in [6.45, 7) is 6.30. The lowest BCUT2D eigenvalue weighted by Gasteiger charge is -2.19. The summed E-state index contributed by atoms with van der Waals surface area (Å²) >= 11 is 0. The molecule has 3 aromatic carbocycles. The molecule has 0 heterocycles. The molecule has 0 spiro atoms. The zero-order chi connectivity index (χ0) is 19.2. The Balaban J connectivity index is 1.60. The highest BCUT2D eigenvalue weighted by atomic mass is 16.5. The Bertz CT molecular complexity index is 905. The minimum absolute atomic E-state index is 0.115. The van der Waals surface area contributed by atoms with Crippen LogP contribution >= 0.6 is 0 Å². The number of carbonyl (C=O) groups is 1. The number of ether oxygens (including phenoxy) is 2. The predicted molar refractivity (Wildman–Crippen MR) is 108 cm³/mol. The molecule has 0 radical (unpaired) electrons. The van der Waals surface area contributed by atoms with E-state index >= 15 is 0 Å². The van der Waals surface area contributed by atoms with E-state index in [-0.39, 0.29) is 11.9 Å². The second-order valence-electron chi connectivity index (χ2n) is 6.50. The summed E-state index contributed by atoms with van der Waals surface area (Å²) in [5, 5.41) is 5.23. The number of nitrogens with one attached hydrogen (secondary N) is 1. The number of hydrogen-bond donors (Lipinski definition) is 1. The van der Waals surface area contributed by atoms with Gasteiger partial charge in [0.2, 0.25) is 0 Å². The molecule has 0 saturated carbocycles. The Morgan fingerprint density at radius 2 is 1.59 bits per heavy atom. The lowest BCUT2D eigenvalue weighted by Crippen LogP contribution is -2.37. The number of carbonyl (C=O) groups excluding carboxylic acids is 1. The highest BCUT2D eigenvalue weighted by Gasteiger charge is 2.18. The third-order valence-electron chi connectivity index (χ3n) is 4.45. The van der Waals surface area contributed by atoms with Crippen molar-refractivity contribution in [2.75, 3.05) is 6.61 Å². The van der Waals surface area contributed by atoms with Gasteiger partial charge in [-0.3, -0.25) is 4.79 Å². The van der Waals surface area contributed by atoms with Gasteiger partial charge in [-0.15, -0.1) is 0 Å². The zero-order valence-electron chi connectivity index (χ0n) is 15.9. The van der Waals surface area contributed by atoms with Crippen molar-refractivity contribution >= 4 is 16.7 Å². The second-order valence-corrected chi connectivity index (χ2v) is 6.50. The van der Waals surface area contributed by atoms with Crippen LogP contribution < -0.4 is 14.8 Å². The number of hydrogen-bond acceptors (Lipinski definition) is 3. The maximum atomic E-state index is 12.5. The van der Waals surface area contributed by atoms with Gasteiger partial charge in [-0.25, -0.2) is 0 Å². The average Bonchev–Trinajstić information content (AvgIpc) is 2.68. The normalized spacial score (nSPS) is 13.0. The van der Waals surface area contributed by atoms with Gasteiger partial charge in [0.05, 0.1) is 12.6 Å². The molecule has 0 unspecified atom stereocenters. The molecule has 1 amide bonds. The molecular weight excluding hydrogens is 338 g/mol. The molecule has 0 saturated heterocycles. The van der Waals surface area contributed by atoms with Crippen molar-refractivity contribution in [2.45, 2.75) is 32.9 Å². The molecule has 0 aliphatic carbocycles. The topological polar surface area (TPSA) is 47.6 Å². The predicted octanol–water partition coefficient (Wildman–Crippen LogP) is 4.88. The van der Waals surface area contributed by atoms with Gasteiger partial charge in [-0.2, -0.15) is 0 Å². The van der Waals surface area contributed by atoms with Crippen LogP contribution in [0, 0.1) is 0 Å². The summed E-state index contributed by atoms with van der Waals surface area (Å²) in [5.41, 5.74) is 1.02. The van der Waals surface area contributed by atoms with E-state index in [1.165, 1.54) is 0 Å². The standard InChI is InChI=1S/C23H25NO3/c1-4-26-21-12-9-18(10-13-21)16(2)24-23(25)17(3)27-22-14-11-19-7-5-6-8-20(19)15-22/h5-17H,4H2,1-3H3,(H,24,25)/t16-,17-/m1/s1. The van der Waals surface area contributed by atoms with Crippen molar-refractivity contribution in [2.24, 2.45) is 0 Å². The van der Waals surface area contributed by atoms with Gasteiger partial charge >= 0.3 is 0 Å². The maximum Gasteiger partial charge on any atom is 0.261 e. The fraction of sp³-hybridized carbons (Fsp3) is 0.261. The first-order valence-corrected chi connectivity index (χ1v) is 9.25. The van der Waals surface area contributed by atoms with E-state index in [4.69, 9.17) is 9.47 Å². The molecule has 3 aromatic rings. The van der Waals surface area contributed by atoms with Gasteiger partial charge in [0, 0.05) is 0 Å². The number of fused-ring (bicyclic) bond motifs is 1. The van der Waals surface area contributed by atoms with Crippen LogP contribution in [0.5, 0.6) is 11.5 Å². The van der Waals surface area contributed by atoms with Crippen LogP contribution in [0.25, 0.3) is 10.8 Å². The molecule has 0 aliphatic heterocycles. The Morgan fingerprint density at radius 3 is 2.30 bits per heavy atom. The molecule has 1 N–H and O–H groups in total. The Labute approximate surface area is 160 Å². The second kappa shape index (κ2) is 8.58. The van der Waals surface area contributed by atoms with Crippen molar-refractivity contribution in [3.63, 3.8) is 0 Å². The zero-order valence-corrected chi connectivity index (χ0v) is 15.9. The number of rotatable bonds is 7. The molecule has 140 valence electrons. The highest BCUT2D eigenvalue weighted by molar-refractivity contribution is 5.84. The summed E-state index contributed by atoms with van der Waals surface area (Å²) in [4.78, 5) is 12.5. The maximum absolute atomic E-state index is 12.5. The quantitative estimate of drug-likeness (QED) is 0.650. The van der Waals surface area contributed by atoms with E-state index in [9.17, 15) is 4.79 Å². The summed E-state index contributed by atoms with van der Waals surface area (Å²) in [7, 11) is 0. The minimum Gasteiger partial charge on any atom is -0.494 e. The molecule has 0 aromatic heterocycles. The van der Waals surface area contributed by atoms with E-state index in [1.54, 1.807) is 6.92 Å². The van der Waals surface area contributed by atoms with Crippen LogP contribution in [-0.2, 0) is 4.79 Å². The van der Waals surface area contributed by atoms with E-state index < -0.39 is 6.10 Å². The van der Waals surface area contributed by atoms with E-state index in [0.29, 0.717) is 12.4 Å².